The Morgan fingerprint density at radius 2 is 1.39 bits per heavy atom. The molecule has 0 aromatic heterocycles. The lowest BCUT2D eigenvalue weighted by atomic mass is 9.98. The topological polar surface area (TPSA) is 111 Å². The van der Waals surface area contributed by atoms with Crippen molar-refractivity contribution in [3.63, 3.8) is 0 Å². The van der Waals surface area contributed by atoms with Crippen LogP contribution in [-0.2, 0) is 47.6 Å². The Balaban J connectivity index is 1.69. The average molecular weight is 600 g/mol. The molecule has 14 heteroatoms. The van der Waals surface area contributed by atoms with E-state index in [0.29, 0.717) is 13.2 Å². The lowest BCUT2D eigenvalue weighted by Gasteiger charge is -2.40. The molecule has 0 radical (unpaired) electrons. The second-order valence-electron chi connectivity index (χ2n) is 13.7. The molecule has 3 saturated heterocycles. The van der Waals surface area contributed by atoms with Gasteiger partial charge in [0.1, 0.15) is 38.4 Å². The summed E-state index contributed by atoms with van der Waals surface area (Å²) in [6.07, 6.45) is -1.62. The van der Waals surface area contributed by atoms with Crippen LogP contribution in [0.5, 0.6) is 0 Å². The summed E-state index contributed by atoms with van der Waals surface area (Å²) in [6.45, 7) is 20.9. The van der Waals surface area contributed by atoms with Crippen LogP contribution in [0.1, 0.15) is 27.7 Å². The van der Waals surface area contributed by atoms with Gasteiger partial charge in [0.15, 0.2) is 11.6 Å². The van der Waals surface area contributed by atoms with Crippen molar-refractivity contribution in [1.29, 1.82) is 0 Å². The summed E-state index contributed by atoms with van der Waals surface area (Å²) in [5.74, 6) is -3.35. The summed E-state index contributed by atoms with van der Waals surface area (Å²) in [5.41, 5.74) is 0. The first-order valence-corrected chi connectivity index (χ1v) is 22.2. The second kappa shape index (κ2) is 11.7. The summed E-state index contributed by atoms with van der Waals surface area (Å²) in [5, 5.41) is 0. The number of nitrogens with zero attached hydrogens (tertiary/aromatic N) is 1. The molecule has 38 heavy (non-hydrogen) atoms. The van der Waals surface area contributed by atoms with Crippen LogP contribution in [0, 0.1) is 0 Å². The van der Waals surface area contributed by atoms with Crippen molar-refractivity contribution >= 4 is 26.5 Å². The van der Waals surface area contributed by atoms with Gasteiger partial charge in [-0.1, -0.05) is 39.3 Å². The van der Waals surface area contributed by atoms with Gasteiger partial charge in [-0.15, -0.1) is 4.31 Å². The minimum atomic E-state index is -4.26. The molecule has 0 saturated carbocycles. The molecule has 224 valence electrons. The zero-order chi connectivity index (χ0) is 28.6. The molecule has 3 fully saturated rings. The molecular weight excluding hydrogens is 551 g/mol. The highest BCUT2D eigenvalue weighted by atomic mass is 32.2. The summed E-state index contributed by atoms with van der Waals surface area (Å²) in [7, 11) is -6.93. The first-order valence-electron chi connectivity index (χ1n) is 13.4. The zero-order valence-corrected chi connectivity index (χ0v) is 27.6. The van der Waals surface area contributed by atoms with Gasteiger partial charge in [0.2, 0.25) is 5.79 Å². The maximum atomic E-state index is 13.4. The molecule has 3 rings (SSSR count). The minimum absolute atomic E-state index is 0.150. The van der Waals surface area contributed by atoms with Gasteiger partial charge in [0, 0.05) is 29.4 Å². The Hall–Kier alpha value is 0.0238. The van der Waals surface area contributed by atoms with E-state index in [9.17, 15) is 8.42 Å². The van der Waals surface area contributed by atoms with Crippen LogP contribution >= 0.6 is 0 Å². The molecule has 0 bridgehead atoms. The van der Waals surface area contributed by atoms with Crippen molar-refractivity contribution in [2.75, 3.05) is 39.9 Å². The Kier molecular flexibility index (Phi) is 10.0. The van der Waals surface area contributed by atoms with Gasteiger partial charge in [-0.3, -0.25) is 4.18 Å². The predicted octanol–water partition coefficient (Wildman–Crippen LogP) is 3.57. The molecule has 0 spiro atoms. The van der Waals surface area contributed by atoms with Crippen molar-refractivity contribution in [3.05, 3.63) is 0 Å². The number of hydrogen-bond acceptors (Lipinski definition) is 10. The molecule has 0 aromatic carbocycles. The van der Waals surface area contributed by atoms with Crippen molar-refractivity contribution < 1.29 is 45.8 Å². The van der Waals surface area contributed by atoms with Crippen LogP contribution in [0.25, 0.3) is 0 Å². The van der Waals surface area contributed by atoms with E-state index < -0.39 is 62.6 Å². The van der Waals surface area contributed by atoms with E-state index in [-0.39, 0.29) is 26.2 Å². The third-order valence-corrected chi connectivity index (χ3v) is 11.1. The van der Waals surface area contributed by atoms with E-state index in [0.717, 1.165) is 16.4 Å². The van der Waals surface area contributed by atoms with Crippen molar-refractivity contribution in [1.82, 2.24) is 4.31 Å². The van der Waals surface area contributed by atoms with E-state index in [2.05, 4.69) is 39.3 Å². The third kappa shape index (κ3) is 9.01. The summed E-state index contributed by atoms with van der Waals surface area (Å²) < 4.78 is 75.2. The predicted molar refractivity (Wildman–Crippen MR) is 147 cm³/mol. The molecular formula is C24H49NO10SSi2. The second-order valence-corrected chi connectivity index (χ2v) is 26.5. The highest BCUT2D eigenvalue weighted by Crippen LogP contribution is 2.47. The number of ether oxygens (including phenoxy) is 7. The van der Waals surface area contributed by atoms with Crippen LogP contribution in [0.3, 0.4) is 0 Å². The molecule has 11 nitrogen and oxygen atoms in total. The van der Waals surface area contributed by atoms with Gasteiger partial charge >= 0.3 is 10.3 Å². The normalized spacial score (nSPS) is 31.0. The summed E-state index contributed by atoms with van der Waals surface area (Å²) >= 11 is 0. The Labute approximate surface area is 231 Å². The molecule has 1 unspecified atom stereocenters. The number of hydrogen-bond donors (Lipinski definition) is 0. The first-order chi connectivity index (χ1) is 17.2. The molecule has 0 amide bonds. The molecule has 0 aromatic rings. The lowest BCUT2D eigenvalue weighted by Crippen LogP contribution is -2.61. The SMILES string of the molecule is CC1(C)O[C@@H]2CO[C@@]3(COS(=O)(=O)N(COCC[Si](C)(C)C)COCC[Si](C)(C)C)OC(C)(C)OC3[C@@H]2O1. The Morgan fingerprint density at radius 3 is 1.92 bits per heavy atom. The fraction of sp³-hybridized carbons (Fsp3) is 1.00. The fourth-order valence-corrected chi connectivity index (χ4v) is 6.82. The van der Waals surface area contributed by atoms with Crippen LogP contribution < -0.4 is 0 Å². The maximum Gasteiger partial charge on any atom is 0.342 e. The van der Waals surface area contributed by atoms with Gasteiger partial charge in [-0.25, -0.2) is 0 Å². The minimum Gasteiger partial charge on any atom is -0.365 e. The largest absolute Gasteiger partial charge is 0.365 e. The number of fused-ring (bicyclic) bond motifs is 3. The molecule has 3 heterocycles. The number of rotatable bonds is 14. The van der Waals surface area contributed by atoms with Crippen LogP contribution in [0.2, 0.25) is 51.4 Å². The van der Waals surface area contributed by atoms with E-state index in [1.54, 1.807) is 13.8 Å². The molecule has 4 atom stereocenters. The summed E-state index contributed by atoms with van der Waals surface area (Å²) in [6, 6.07) is 1.83. The van der Waals surface area contributed by atoms with E-state index in [1.807, 2.05) is 13.8 Å². The Bertz CT molecular complexity index is 883. The van der Waals surface area contributed by atoms with Gasteiger partial charge < -0.3 is 33.2 Å². The molecule has 3 aliphatic rings. The van der Waals surface area contributed by atoms with Crippen LogP contribution in [-0.4, -0.2) is 104 Å². The van der Waals surface area contributed by atoms with Crippen molar-refractivity contribution in [3.8, 4) is 0 Å². The zero-order valence-electron chi connectivity index (χ0n) is 24.8. The Morgan fingerprint density at radius 1 is 0.842 bits per heavy atom. The van der Waals surface area contributed by atoms with E-state index >= 15 is 0 Å². The van der Waals surface area contributed by atoms with Gasteiger partial charge in [0.05, 0.1) is 6.61 Å². The van der Waals surface area contributed by atoms with Crippen molar-refractivity contribution in [2.45, 2.75) is 115 Å². The smallest absolute Gasteiger partial charge is 0.342 e. The monoisotopic (exact) mass is 599 g/mol. The summed E-state index contributed by atoms with van der Waals surface area (Å²) in [4.78, 5) is 0. The van der Waals surface area contributed by atoms with Crippen LogP contribution in [0.4, 0.5) is 0 Å². The van der Waals surface area contributed by atoms with E-state index in [1.165, 1.54) is 0 Å². The highest BCUT2D eigenvalue weighted by Gasteiger charge is 2.66. The van der Waals surface area contributed by atoms with Crippen LogP contribution in [0.15, 0.2) is 0 Å². The van der Waals surface area contributed by atoms with Gasteiger partial charge in [0.25, 0.3) is 0 Å². The molecule has 0 N–H and O–H groups in total. The first kappa shape index (κ1) is 32.5. The molecule has 3 aliphatic heterocycles. The average Bonchev–Trinajstić information content (AvgIpc) is 3.20. The standard InChI is InChI=1S/C24H49NO10SSi2/c1-22(2)32-19-15-30-24(21(20(19)33-22)34-23(3,4)35-24)16-31-36(26,27)25(17-28-11-13-37(5,6)7)18-29-12-14-38(8,9)10/h19-21H,11-18H2,1-10H3/t19-,20-,21?,24+/m1/s1. The molecule has 0 aliphatic carbocycles. The quantitative estimate of drug-likeness (QED) is 0.167. The van der Waals surface area contributed by atoms with Crippen molar-refractivity contribution in [2.24, 2.45) is 0 Å². The third-order valence-electron chi connectivity index (χ3n) is 6.46. The van der Waals surface area contributed by atoms with Gasteiger partial charge in [-0.2, -0.15) is 8.42 Å². The maximum absolute atomic E-state index is 13.4. The van der Waals surface area contributed by atoms with Gasteiger partial charge in [-0.05, 0) is 39.8 Å². The van der Waals surface area contributed by atoms with E-state index in [4.69, 9.17) is 37.3 Å². The highest BCUT2D eigenvalue weighted by molar-refractivity contribution is 7.84. The fourth-order valence-electron chi connectivity index (χ4n) is 4.43. The lowest BCUT2D eigenvalue weighted by molar-refractivity contribution is -0.291.